The SMILES string of the molecule is COc1ccc2nc(C(=O)Cc3ncc(C)c(OC)c3C)n(S(=O)(=O)CC34CCC(CC3=O)C4(C)C)c2c1. The molecule has 38 heavy (non-hydrogen) atoms. The maximum Gasteiger partial charge on any atom is 0.241 e. The van der Waals surface area contributed by atoms with Crippen molar-refractivity contribution in [1.29, 1.82) is 0 Å². The first-order valence-corrected chi connectivity index (χ1v) is 14.3. The van der Waals surface area contributed by atoms with Gasteiger partial charge in [0.1, 0.15) is 17.3 Å². The van der Waals surface area contributed by atoms with Gasteiger partial charge in [-0.25, -0.2) is 17.4 Å². The molecule has 1 aromatic carbocycles. The van der Waals surface area contributed by atoms with Crippen LogP contribution in [-0.4, -0.2) is 53.9 Å². The molecule has 2 aliphatic carbocycles. The van der Waals surface area contributed by atoms with Gasteiger partial charge in [-0.05, 0) is 50.2 Å². The number of aryl methyl sites for hydroxylation is 1. The average Bonchev–Trinajstić information content (AvgIpc) is 3.42. The summed E-state index contributed by atoms with van der Waals surface area (Å²) in [6, 6.07) is 4.86. The van der Waals surface area contributed by atoms with Crippen molar-refractivity contribution >= 4 is 32.6 Å². The van der Waals surface area contributed by atoms with E-state index in [0.717, 1.165) is 16.0 Å². The van der Waals surface area contributed by atoms with E-state index in [4.69, 9.17) is 9.47 Å². The van der Waals surface area contributed by atoms with E-state index in [9.17, 15) is 18.0 Å². The Hall–Kier alpha value is -3.27. The summed E-state index contributed by atoms with van der Waals surface area (Å²) in [4.78, 5) is 35.8. The molecule has 0 radical (unpaired) electrons. The van der Waals surface area contributed by atoms with Crippen LogP contribution in [0.15, 0.2) is 24.4 Å². The van der Waals surface area contributed by atoms with Crippen molar-refractivity contribution in [3.05, 3.63) is 47.0 Å². The second-order valence-corrected chi connectivity index (χ2v) is 12.9. The molecule has 2 heterocycles. The van der Waals surface area contributed by atoms with Gasteiger partial charge in [0, 0.05) is 29.8 Å². The lowest BCUT2D eigenvalue weighted by Crippen LogP contribution is -2.43. The van der Waals surface area contributed by atoms with Crippen molar-refractivity contribution in [2.24, 2.45) is 16.7 Å². The van der Waals surface area contributed by atoms with Crippen molar-refractivity contribution in [3.8, 4) is 11.5 Å². The minimum Gasteiger partial charge on any atom is -0.497 e. The molecule has 2 bridgehead atoms. The number of methoxy groups -OCH3 is 2. The quantitative estimate of drug-likeness (QED) is 0.393. The van der Waals surface area contributed by atoms with E-state index in [2.05, 4.69) is 9.97 Å². The first-order valence-electron chi connectivity index (χ1n) is 12.7. The number of ketones is 2. The number of carbonyl (C=O) groups excluding carboxylic acids is 2. The van der Waals surface area contributed by atoms with Gasteiger partial charge in [-0.2, -0.15) is 0 Å². The van der Waals surface area contributed by atoms with E-state index >= 15 is 0 Å². The molecule has 0 aliphatic heterocycles. The van der Waals surface area contributed by atoms with Crippen molar-refractivity contribution in [2.45, 2.75) is 53.4 Å². The van der Waals surface area contributed by atoms with Gasteiger partial charge in [-0.1, -0.05) is 13.8 Å². The molecular formula is C28H33N3O6S. The molecule has 10 heteroatoms. The molecule has 9 nitrogen and oxygen atoms in total. The molecule has 3 aromatic rings. The highest BCUT2D eigenvalue weighted by Crippen LogP contribution is 2.64. The van der Waals surface area contributed by atoms with Crippen LogP contribution in [0.5, 0.6) is 11.5 Å². The third-order valence-corrected chi connectivity index (χ3v) is 10.8. The number of benzene rings is 1. The van der Waals surface area contributed by atoms with Crippen LogP contribution >= 0.6 is 0 Å². The van der Waals surface area contributed by atoms with Gasteiger partial charge in [0.2, 0.25) is 15.8 Å². The number of rotatable bonds is 8. The Morgan fingerprint density at radius 2 is 1.92 bits per heavy atom. The van der Waals surface area contributed by atoms with Crippen LogP contribution in [0, 0.1) is 30.6 Å². The van der Waals surface area contributed by atoms with E-state index in [1.54, 1.807) is 31.5 Å². The van der Waals surface area contributed by atoms with Gasteiger partial charge in [0.25, 0.3) is 0 Å². The maximum atomic E-state index is 14.2. The highest BCUT2D eigenvalue weighted by atomic mass is 32.2. The lowest BCUT2D eigenvalue weighted by molar-refractivity contribution is -0.128. The third kappa shape index (κ3) is 3.75. The normalized spacial score (nSPS) is 22.3. The summed E-state index contributed by atoms with van der Waals surface area (Å²) in [6.45, 7) is 7.66. The Morgan fingerprint density at radius 1 is 1.18 bits per heavy atom. The van der Waals surface area contributed by atoms with Gasteiger partial charge in [0.05, 0.1) is 48.5 Å². The molecule has 2 atom stereocenters. The summed E-state index contributed by atoms with van der Waals surface area (Å²) < 4.78 is 40.3. The summed E-state index contributed by atoms with van der Waals surface area (Å²) in [6.07, 6.45) is 3.21. The van der Waals surface area contributed by atoms with Crippen molar-refractivity contribution < 1.29 is 27.5 Å². The Balaban J connectivity index is 1.63. The van der Waals surface area contributed by atoms with E-state index in [0.29, 0.717) is 41.1 Å². The largest absolute Gasteiger partial charge is 0.497 e. The van der Waals surface area contributed by atoms with Crippen molar-refractivity contribution in [2.75, 3.05) is 20.0 Å². The molecule has 2 fully saturated rings. The fraction of sp³-hybridized carbons (Fsp3) is 0.500. The lowest BCUT2D eigenvalue weighted by atomic mass is 9.70. The summed E-state index contributed by atoms with van der Waals surface area (Å²) in [5, 5.41) is 0. The van der Waals surface area contributed by atoms with E-state index in [1.807, 2.05) is 27.7 Å². The first-order chi connectivity index (χ1) is 17.9. The van der Waals surface area contributed by atoms with E-state index in [-0.39, 0.29) is 35.2 Å². The second kappa shape index (κ2) is 8.90. The minimum atomic E-state index is -4.19. The zero-order valence-corrected chi connectivity index (χ0v) is 23.4. The molecule has 2 unspecified atom stereocenters. The van der Waals surface area contributed by atoms with Gasteiger partial charge in [-0.15, -0.1) is 0 Å². The molecule has 0 amide bonds. The summed E-state index contributed by atoms with van der Waals surface area (Å²) in [5.41, 5.74) is 1.18. The van der Waals surface area contributed by atoms with Crippen molar-refractivity contribution in [1.82, 2.24) is 13.9 Å². The van der Waals surface area contributed by atoms with E-state index in [1.165, 1.54) is 7.11 Å². The smallest absolute Gasteiger partial charge is 0.241 e. The fourth-order valence-corrected chi connectivity index (χ4v) is 8.86. The number of fused-ring (bicyclic) bond motifs is 3. The molecular weight excluding hydrogens is 506 g/mol. The number of nitrogens with zero attached hydrogens (tertiary/aromatic N) is 3. The molecule has 0 spiro atoms. The van der Waals surface area contributed by atoms with Crippen LogP contribution in [0.2, 0.25) is 0 Å². The predicted octanol–water partition coefficient (Wildman–Crippen LogP) is 4.06. The van der Waals surface area contributed by atoms with Gasteiger partial charge in [0.15, 0.2) is 5.82 Å². The lowest BCUT2D eigenvalue weighted by Gasteiger charge is -2.36. The van der Waals surface area contributed by atoms with Crippen molar-refractivity contribution in [3.63, 3.8) is 0 Å². The Kier molecular flexibility index (Phi) is 6.17. The van der Waals surface area contributed by atoms with Crippen LogP contribution < -0.4 is 9.47 Å². The molecule has 5 rings (SSSR count). The maximum absolute atomic E-state index is 14.2. The topological polar surface area (TPSA) is 117 Å². The van der Waals surface area contributed by atoms with Crippen LogP contribution in [-0.2, 0) is 21.2 Å². The van der Waals surface area contributed by atoms with Crippen LogP contribution in [0.4, 0.5) is 0 Å². The molecule has 2 aliphatic rings. The Morgan fingerprint density at radius 3 is 2.53 bits per heavy atom. The standard InChI is InChI=1S/C28H33N3O6S/c1-16-14-29-21(17(2)25(16)37-6)13-23(32)26-30-20-8-7-19(36-5)12-22(20)31(26)38(34,35)15-28-10-9-18(11-24(28)33)27(28,3)4/h7-8,12,14,18H,9-11,13,15H2,1-6H3. The number of Topliss-reactive ketones (excluding diaryl/α,β-unsaturated/α-hetero) is 2. The van der Waals surface area contributed by atoms with Gasteiger partial charge in [-0.3, -0.25) is 14.6 Å². The number of imidazole rings is 1. The first kappa shape index (κ1) is 26.3. The Labute approximate surface area is 222 Å². The number of hydrogen-bond donors (Lipinski definition) is 0. The minimum absolute atomic E-state index is 0.0104. The van der Waals surface area contributed by atoms with Crippen LogP contribution in [0.25, 0.3) is 11.0 Å². The second-order valence-electron chi connectivity index (χ2n) is 11.1. The number of ether oxygens (including phenoxy) is 2. The van der Waals surface area contributed by atoms with Gasteiger partial charge >= 0.3 is 0 Å². The monoisotopic (exact) mass is 539 g/mol. The van der Waals surface area contributed by atoms with Crippen LogP contribution in [0.3, 0.4) is 0 Å². The predicted molar refractivity (Wildman–Crippen MR) is 142 cm³/mol. The molecule has 202 valence electrons. The number of carbonyl (C=O) groups is 2. The molecule has 0 saturated heterocycles. The highest BCUT2D eigenvalue weighted by molar-refractivity contribution is 7.90. The highest BCUT2D eigenvalue weighted by Gasteiger charge is 2.65. The molecule has 0 N–H and O–H groups in total. The number of hydrogen-bond acceptors (Lipinski definition) is 8. The van der Waals surface area contributed by atoms with Gasteiger partial charge < -0.3 is 9.47 Å². The van der Waals surface area contributed by atoms with Crippen LogP contribution in [0.1, 0.15) is 60.5 Å². The number of pyridine rings is 1. The van der Waals surface area contributed by atoms with E-state index < -0.39 is 26.6 Å². The Bertz CT molecular complexity index is 1590. The number of aromatic nitrogens is 3. The average molecular weight is 540 g/mol. The molecule has 2 saturated carbocycles. The summed E-state index contributed by atoms with van der Waals surface area (Å²) in [5.74, 6) is 0.143. The molecule has 2 aromatic heterocycles. The third-order valence-electron chi connectivity index (χ3n) is 8.99. The fourth-order valence-electron chi connectivity index (χ4n) is 6.58. The summed E-state index contributed by atoms with van der Waals surface area (Å²) >= 11 is 0. The zero-order chi connectivity index (χ0) is 27.6. The summed E-state index contributed by atoms with van der Waals surface area (Å²) in [7, 11) is -1.15. The zero-order valence-electron chi connectivity index (χ0n) is 22.6.